The maximum absolute atomic E-state index is 11.9. The van der Waals surface area contributed by atoms with Crippen LogP contribution >= 0.6 is 15.9 Å². The van der Waals surface area contributed by atoms with E-state index < -0.39 is 12.0 Å². The lowest BCUT2D eigenvalue weighted by Crippen LogP contribution is -2.25. The Kier molecular flexibility index (Phi) is 6.34. The van der Waals surface area contributed by atoms with E-state index >= 15 is 0 Å². The minimum atomic E-state index is -1.30. The Morgan fingerprint density at radius 3 is 2.75 bits per heavy atom. The van der Waals surface area contributed by atoms with Crippen molar-refractivity contribution < 1.29 is 19.7 Å². The van der Waals surface area contributed by atoms with E-state index in [1.54, 1.807) is 49.4 Å². The van der Waals surface area contributed by atoms with Crippen molar-refractivity contribution in [3.8, 4) is 11.5 Å². The highest BCUT2D eigenvalue weighted by atomic mass is 79.9. The molecule has 1 atom stereocenters. The molecule has 2 rings (SSSR count). The second-order valence-corrected chi connectivity index (χ2v) is 5.68. The predicted molar refractivity (Wildman–Crippen MR) is 94.1 cm³/mol. The molecule has 0 spiro atoms. The molecule has 0 aliphatic rings. The van der Waals surface area contributed by atoms with Gasteiger partial charge >= 0.3 is 0 Å². The first-order valence-corrected chi connectivity index (χ1v) is 8.03. The number of carbonyl (C=O) groups is 1. The van der Waals surface area contributed by atoms with Gasteiger partial charge in [-0.25, -0.2) is 5.43 Å². The van der Waals surface area contributed by atoms with Crippen molar-refractivity contribution in [3.63, 3.8) is 0 Å². The second-order valence-electron chi connectivity index (χ2n) is 4.83. The lowest BCUT2D eigenvalue weighted by molar-refractivity contribution is -0.129. The number of nitrogens with zero attached hydrogens (tertiary/aromatic N) is 1. The Hall–Kier alpha value is -2.38. The topological polar surface area (TPSA) is 91.2 Å². The van der Waals surface area contributed by atoms with Crippen LogP contribution in [0.3, 0.4) is 0 Å². The second kappa shape index (κ2) is 8.47. The normalized spacial score (nSPS) is 12.1. The van der Waals surface area contributed by atoms with Gasteiger partial charge in [-0.05, 0) is 46.1 Å². The van der Waals surface area contributed by atoms with Crippen molar-refractivity contribution in [3.05, 3.63) is 58.1 Å². The van der Waals surface area contributed by atoms with E-state index in [1.165, 1.54) is 6.21 Å². The number of hydrogen-bond acceptors (Lipinski definition) is 5. The maximum atomic E-state index is 11.9. The minimum absolute atomic E-state index is 0.00228. The number of aliphatic hydroxyl groups is 1. The standard InChI is InChI=1S/C17H17BrN2O4/c1-2-24-14-9-11(8-13(18)16(14)22)10-19-20-17(23)15(21)12-6-4-3-5-7-12/h3-10,15,21-22H,2H2,1H3,(H,20,23)/b19-10+. The number of benzene rings is 2. The zero-order valence-electron chi connectivity index (χ0n) is 12.9. The number of carbonyl (C=O) groups excluding carboxylic acids is 1. The molecule has 0 saturated heterocycles. The van der Waals surface area contributed by atoms with Crippen LogP contribution in [0.2, 0.25) is 0 Å². The molecule has 0 aliphatic carbocycles. The summed E-state index contributed by atoms with van der Waals surface area (Å²) < 4.78 is 5.76. The van der Waals surface area contributed by atoms with Gasteiger partial charge in [0.2, 0.25) is 0 Å². The molecule has 0 heterocycles. The molecule has 1 unspecified atom stereocenters. The van der Waals surface area contributed by atoms with E-state index in [9.17, 15) is 15.0 Å². The summed E-state index contributed by atoms with van der Waals surface area (Å²) in [6.07, 6.45) is 0.0939. The monoisotopic (exact) mass is 392 g/mol. The number of aromatic hydroxyl groups is 1. The van der Waals surface area contributed by atoms with Crippen LogP contribution in [0, 0.1) is 0 Å². The number of hydrogen-bond donors (Lipinski definition) is 3. The van der Waals surface area contributed by atoms with Crippen LogP contribution in [0.5, 0.6) is 11.5 Å². The van der Waals surface area contributed by atoms with E-state index in [2.05, 4.69) is 26.5 Å². The van der Waals surface area contributed by atoms with Gasteiger partial charge in [0.15, 0.2) is 17.6 Å². The third-order valence-electron chi connectivity index (χ3n) is 3.10. The van der Waals surface area contributed by atoms with Crippen LogP contribution in [0.4, 0.5) is 0 Å². The third kappa shape index (κ3) is 4.56. The lowest BCUT2D eigenvalue weighted by atomic mass is 10.1. The molecule has 2 aromatic rings. The van der Waals surface area contributed by atoms with E-state index in [0.717, 1.165) is 0 Å². The molecule has 0 aliphatic heterocycles. The average Bonchev–Trinajstić information content (AvgIpc) is 2.59. The van der Waals surface area contributed by atoms with Crippen LogP contribution in [-0.2, 0) is 4.79 Å². The molecule has 0 fully saturated rings. The number of phenols is 1. The van der Waals surface area contributed by atoms with Crippen LogP contribution in [0.25, 0.3) is 0 Å². The van der Waals surface area contributed by atoms with Gasteiger partial charge in [-0.1, -0.05) is 30.3 Å². The fourth-order valence-electron chi connectivity index (χ4n) is 1.95. The summed E-state index contributed by atoms with van der Waals surface area (Å²) in [4.78, 5) is 11.9. The molecule has 24 heavy (non-hydrogen) atoms. The van der Waals surface area contributed by atoms with Gasteiger partial charge in [0, 0.05) is 0 Å². The zero-order chi connectivity index (χ0) is 17.5. The Balaban J connectivity index is 2.05. The zero-order valence-corrected chi connectivity index (χ0v) is 14.5. The smallest absolute Gasteiger partial charge is 0.273 e. The van der Waals surface area contributed by atoms with Crippen LogP contribution in [-0.4, -0.2) is 28.9 Å². The molecule has 126 valence electrons. The molecule has 6 nitrogen and oxygen atoms in total. The number of ether oxygens (including phenoxy) is 1. The molecule has 2 aromatic carbocycles. The molecule has 7 heteroatoms. The lowest BCUT2D eigenvalue weighted by Gasteiger charge is -2.09. The number of halogens is 1. The highest BCUT2D eigenvalue weighted by molar-refractivity contribution is 9.10. The van der Waals surface area contributed by atoms with Gasteiger partial charge in [0.05, 0.1) is 17.3 Å². The summed E-state index contributed by atoms with van der Waals surface area (Å²) >= 11 is 3.22. The molecule has 3 N–H and O–H groups in total. The van der Waals surface area contributed by atoms with E-state index in [-0.39, 0.29) is 5.75 Å². The fraction of sp³-hybridized carbons (Fsp3) is 0.176. The van der Waals surface area contributed by atoms with Crippen molar-refractivity contribution in [1.82, 2.24) is 5.43 Å². The fourth-order valence-corrected chi connectivity index (χ4v) is 2.41. The first-order chi connectivity index (χ1) is 11.5. The Bertz CT molecular complexity index is 735. The van der Waals surface area contributed by atoms with E-state index in [4.69, 9.17) is 4.74 Å². The quantitative estimate of drug-likeness (QED) is 0.520. The van der Waals surface area contributed by atoms with Gasteiger partial charge in [-0.3, -0.25) is 4.79 Å². The highest BCUT2D eigenvalue weighted by Crippen LogP contribution is 2.35. The molecule has 0 aromatic heterocycles. The van der Waals surface area contributed by atoms with Crippen molar-refractivity contribution >= 4 is 28.1 Å². The molecular formula is C17H17BrN2O4. The predicted octanol–water partition coefficient (Wildman–Crippen LogP) is 2.74. The van der Waals surface area contributed by atoms with Crippen molar-refractivity contribution in [1.29, 1.82) is 0 Å². The minimum Gasteiger partial charge on any atom is -0.503 e. The largest absolute Gasteiger partial charge is 0.503 e. The van der Waals surface area contributed by atoms with Gasteiger partial charge in [-0.2, -0.15) is 5.10 Å². The summed E-state index contributed by atoms with van der Waals surface area (Å²) in [7, 11) is 0. The Morgan fingerprint density at radius 1 is 1.38 bits per heavy atom. The van der Waals surface area contributed by atoms with Gasteiger partial charge in [-0.15, -0.1) is 0 Å². The molecular weight excluding hydrogens is 376 g/mol. The first-order valence-electron chi connectivity index (χ1n) is 7.24. The number of phenolic OH excluding ortho intramolecular Hbond substituents is 1. The average molecular weight is 393 g/mol. The summed E-state index contributed by atoms with van der Waals surface area (Å²) in [6.45, 7) is 2.21. The number of hydrazone groups is 1. The van der Waals surface area contributed by atoms with Crippen LogP contribution in [0.15, 0.2) is 52.0 Å². The van der Waals surface area contributed by atoms with E-state index in [0.29, 0.717) is 28.0 Å². The van der Waals surface area contributed by atoms with E-state index in [1.807, 2.05) is 0 Å². The van der Waals surface area contributed by atoms with Gasteiger partial charge in [0.1, 0.15) is 0 Å². The third-order valence-corrected chi connectivity index (χ3v) is 3.71. The van der Waals surface area contributed by atoms with Crippen molar-refractivity contribution in [2.45, 2.75) is 13.0 Å². The Labute approximate surface area is 147 Å². The van der Waals surface area contributed by atoms with Crippen molar-refractivity contribution in [2.24, 2.45) is 5.10 Å². The number of nitrogens with one attached hydrogen (secondary N) is 1. The summed E-state index contributed by atoms with van der Waals surface area (Å²) in [5, 5.41) is 23.6. The number of amides is 1. The van der Waals surface area contributed by atoms with Crippen molar-refractivity contribution in [2.75, 3.05) is 6.61 Å². The summed E-state index contributed by atoms with van der Waals surface area (Å²) in [6, 6.07) is 11.8. The molecule has 0 radical (unpaired) electrons. The van der Waals surface area contributed by atoms with Crippen LogP contribution < -0.4 is 10.2 Å². The maximum Gasteiger partial charge on any atom is 0.273 e. The highest BCUT2D eigenvalue weighted by Gasteiger charge is 2.16. The number of rotatable bonds is 6. The summed E-state index contributed by atoms with van der Waals surface area (Å²) in [5.41, 5.74) is 3.37. The van der Waals surface area contributed by atoms with Gasteiger partial charge in [0.25, 0.3) is 5.91 Å². The first kappa shape index (κ1) is 18.0. The Morgan fingerprint density at radius 2 is 2.08 bits per heavy atom. The molecule has 1 amide bonds. The van der Waals surface area contributed by atoms with Gasteiger partial charge < -0.3 is 14.9 Å². The van der Waals surface area contributed by atoms with Crippen LogP contribution in [0.1, 0.15) is 24.2 Å². The molecule has 0 saturated carbocycles. The number of aliphatic hydroxyl groups excluding tert-OH is 1. The SMILES string of the molecule is CCOc1cc(/C=N/NC(=O)C(O)c2ccccc2)cc(Br)c1O. The summed E-state index contributed by atoms with van der Waals surface area (Å²) in [5.74, 6) is -0.332. The molecule has 0 bridgehead atoms.